The summed E-state index contributed by atoms with van der Waals surface area (Å²) in [6, 6.07) is -0.555. The summed E-state index contributed by atoms with van der Waals surface area (Å²) in [6.45, 7) is 1.98. The minimum Gasteiger partial charge on any atom is -0.310 e. The maximum absolute atomic E-state index is 10.7. The number of hydrogen-bond donors (Lipinski definition) is 1. The van der Waals surface area contributed by atoms with Crippen molar-refractivity contribution in [3.05, 3.63) is 11.8 Å². The van der Waals surface area contributed by atoms with Crippen LogP contribution in [0.25, 0.3) is 0 Å². The molecular formula is C7H9N2O2. The van der Waals surface area contributed by atoms with Crippen LogP contribution in [0.4, 0.5) is 4.79 Å². The fourth-order valence-corrected chi connectivity index (χ4v) is 0.887. The van der Waals surface area contributed by atoms with Crippen LogP contribution in [0.1, 0.15) is 19.8 Å². The zero-order valence-electron chi connectivity index (χ0n) is 6.26. The summed E-state index contributed by atoms with van der Waals surface area (Å²) < 4.78 is 0. The van der Waals surface area contributed by atoms with E-state index in [0.717, 1.165) is 6.42 Å². The first kappa shape index (κ1) is 7.78. The molecule has 0 aromatic rings. The van der Waals surface area contributed by atoms with Crippen LogP contribution in [0.3, 0.4) is 0 Å². The van der Waals surface area contributed by atoms with Crippen molar-refractivity contribution in [3.8, 4) is 0 Å². The Bertz CT molecular complexity index is 220. The number of rotatable bonds is 2. The van der Waals surface area contributed by atoms with Crippen molar-refractivity contribution in [2.45, 2.75) is 19.8 Å². The zero-order valence-corrected chi connectivity index (χ0v) is 6.26. The van der Waals surface area contributed by atoms with Gasteiger partial charge < -0.3 is 5.32 Å². The molecule has 1 radical (unpaired) electrons. The van der Waals surface area contributed by atoms with Crippen molar-refractivity contribution in [2.24, 2.45) is 0 Å². The lowest BCUT2D eigenvalue weighted by molar-refractivity contribution is -0.116. The lowest BCUT2D eigenvalue weighted by atomic mass is 10.2. The highest BCUT2D eigenvalue weighted by Gasteiger charge is 2.15. The smallest absolute Gasteiger partial charge is 0.310 e. The van der Waals surface area contributed by atoms with Crippen molar-refractivity contribution >= 4 is 11.9 Å². The molecule has 1 heterocycles. The van der Waals surface area contributed by atoms with Gasteiger partial charge in [-0.05, 0) is 6.42 Å². The Hall–Kier alpha value is -1.32. The van der Waals surface area contributed by atoms with Crippen molar-refractivity contribution < 1.29 is 9.59 Å². The minimum atomic E-state index is -0.555. The van der Waals surface area contributed by atoms with E-state index in [0.29, 0.717) is 12.1 Å². The standard InChI is InChI=1S/C7H9N2O2/c1-2-3-5-4-6(10)9-7(11)8-5/h4H,2-3H2,1H3,(H,8,11). The Morgan fingerprint density at radius 1 is 1.55 bits per heavy atom. The van der Waals surface area contributed by atoms with E-state index in [1.165, 1.54) is 6.08 Å². The van der Waals surface area contributed by atoms with Crippen molar-refractivity contribution in [3.63, 3.8) is 0 Å². The molecule has 0 unspecified atom stereocenters. The number of allylic oxidation sites excluding steroid dienone is 1. The predicted octanol–water partition coefficient (Wildman–Crippen LogP) is 0.525. The number of imide groups is 1. The maximum Gasteiger partial charge on any atom is 0.348 e. The number of carbonyl (C=O) groups excluding carboxylic acids is 2. The molecule has 0 aliphatic carbocycles. The second kappa shape index (κ2) is 3.18. The second-order valence-corrected chi connectivity index (χ2v) is 2.30. The topological polar surface area (TPSA) is 60.3 Å². The zero-order chi connectivity index (χ0) is 8.27. The highest BCUT2D eigenvalue weighted by atomic mass is 16.2. The van der Waals surface area contributed by atoms with Crippen molar-refractivity contribution in [1.29, 1.82) is 0 Å². The maximum atomic E-state index is 10.7. The molecule has 0 bridgehead atoms. The Morgan fingerprint density at radius 3 is 2.82 bits per heavy atom. The molecule has 0 aromatic heterocycles. The number of urea groups is 1. The van der Waals surface area contributed by atoms with E-state index < -0.39 is 11.9 Å². The van der Waals surface area contributed by atoms with Gasteiger partial charge in [0.15, 0.2) is 0 Å². The van der Waals surface area contributed by atoms with Crippen molar-refractivity contribution in [1.82, 2.24) is 10.6 Å². The number of carbonyl (C=O) groups is 2. The van der Waals surface area contributed by atoms with Gasteiger partial charge >= 0.3 is 6.03 Å². The average Bonchev–Trinajstić information content (AvgIpc) is 1.85. The van der Waals surface area contributed by atoms with E-state index >= 15 is 0 Å². The lowest BCUT2D eigenvalue weighted by Crippen LogP contribution is -2.37. The van der Waals surface area contributed by atoms with E-state index in [-0.39, 0.29) is 0 Å². The summed E-state index contributed by atoms with van der Waals surface area (Å²) in [5, 5.41) is 5.63. The van der Waals surface area contributed by atoms with Gasteiger partial charge in [0.2, 0.25) is 0 Å². The molecular weight excluding hydrogens is 144 g/mol. The van der Waals surface area contributed by atoms with E-state index in [9.17, 15) is 9.59 Å². The first-order valence-corrected chi connectivity index (χ1v) is 3.49. The molecule has 1 N–H and O–H groups in total. The molecule has 4 heteroatoms. The molecule has 0 saturated carbocycles. The molecule has 0 fully saturated rings. The van der Waals surface area contributed by atoms with Gasteiger partial charge in [0.05, 0.1) is 0 Å². The van der Waals surface area contributed by atoms with Crippen LogP contribution in [0.5, 0.6) is 0 Å². The molecule has 1 rings (SSSR count). The van der Waals surface area contributed by atoms with Gasteiger partial charge in [0.25, 0.3) is 5.91 Å². The number of hydrogen-bond acceptors (Lipinski definition) is 2. The van der Waals surface area contributed by atoms with E-state index in [1.807, 2.05) is 6.92 Å². The molecule has 0 aromatic carbocycles. The number of amides is 3. The molecule has 0 atom stereocenters. The third-order valence-corrected chi connectivity index (χ3v) is 1.30. The van der Waals surface area contributed by atoms with Crippen LogP contribution in [-0.4, -0.2) is 11.9 Å². The SMILES string of the molecule is CCCC1=CC(=O)[N]C(=O)N1. The van der Waals surface area contributed by atoms with Gasteiger partial charge in [-0.1, -0.05) is 13.3 Å². The summed E-state index contributed by atoms with van der Waals surface area (Å²) >= 11 is 0. The Balaban J connectivity index is 2.64. The third kappa shape index (κ3) is 2.07. The summed E-state index contributed by atoms with van der Waals surface area (Å²) in [7, 11) is 0. The van der Waals surface area contributed by atoms with Crippen LogP contribution in [0.15, 0.2) is 11.8 Å². The van der Waals surface area contributed by atoms with E-state index in [4.69, 9.17) is 0 Å². The average molecular weight is 153 g/mol. The summed E-state index contributed by atoms with van der Waals surface area (Å²) in [4.78, 5) is 21.3. The number of nitrogens with zero attached hydrogens (tertiary/aromatic N) is 1. The minimum absolute atomic E-state index is 0.461. The third-order valence-electron chi connectivity index (χ3n) is 1.30. The van der Waals surface area contributed by atoms with Crippen molar-refractivity contribution in [2.75, 3.05) is 0 Å². The normalized spacial score (nSPS) is 17.0. The fourth-order valence-electron chi connectivity index (χ4n) is 0.887. The van der Waals surface area contributed by atoms with Gasteiger partial charge in [-0.25, -0.2) is 4.79 Å². The molecule has 0 saturated heterocycles. The van der Waals surface area contributed by atoms with Crippen LogP contribution in [-0.2, 0) is 4.79 Å². The van der Waals surface area contributed by atoms with Crippen LogP contribution >= 0.6 is 0 Å². The van der Waals surface area contributed by atoms with Crippen LogP contribution < -0.4 is 10.6 Å². The fraction of sp³-hybridized carbons (Fsp3) is 0.429. The Kier molecular flexibility index (Phi) is 2.25. The van der Waals surface area contributed by atoms with Crippen LogP contribution in [0, 0.1) is 0 Å². The number of nitrogens with one attached hydrogen (secondary N) is 1. The highest BCUT2D eigenvalue weighted by molar-refractivity contribution is 6.03. The van der Waals surface area contributed by atoms with E-state index in [1.54, 1.807) is 0 Å². The molecule has 3 amide bonds. The molecule has 0 spiro atoms. The Morgan fingerprint density at radius 2 is 2.27 bits per heavy atom. The molecule has 1 aliphatic heterocycles. The highest BCUT2D eigenvalue weighted by Crippen LogP contribution is 2.03. The van der Waals surface area contributed by atoms with Gasteiger partial charge in [-0.2, -0.15) is 5.32 Å². The lowest BCUT2D eigenvalue weighted by Gasteiger charge is -2.11. The van der Waals surface area contributed by atoms with E-state index in [2.05, 4.69) is 10.6 Å². The molecule has 59 valence electrons. The summed E-state index contributed by atoms with van der Waals surface area (Å²) in [5.41, 5.74) is 0.664. The first-order valence-electron chi connectivity index (χ1n) is 3.49. The molecule has 1 aliphatic rings. The van der Waals surface area contributed by atoms with Crippen LogP contribution in [0.2, 0.25) is 0 Å². The second-order valence-electron chi connectivity index (χ2n) is 2.30. The van der Waals surface area contributed by atoms with Gasteiger partial charge in [0.1, 0.15) is 0 Å². The quantitative estimate of drug-likeness (QED) is 0.628. The molecule has 11 heavy (non-hydrogen) atoms. The van der Waals surface area contributed by atoms with Gasteiger partial charge in [-0.3, -0.25) is 4.79 Å². The largest absolute Gasteiger partial charge is 0.348 e. The summed E-state index contributed by atoms with van der Waals surface area (Å²) in [5.74, 6) is -0.461. The monoisotopic (exact) mass is 153 g/mol. The Labute approximate surface area is 64.7 Å². The van der Waals surface area contributed by atoms with Gasteiger partial charge in [0, 0.05) is 11.8 Å². The summed E-state index contributed by atoms with van der Waals surface area (Å²) in [6.07, 6.45) is 2.97. The molecule has 4 nitrogen and oxygen atoms in total. The predicted molar refractivity (Wildman–Crippen MR) is 38.7 cm³/mol. The van der Waals surface area contributed by atoms with Gasteiger partial charge in [-0.15, -0.1) is 0 Å². The first-order chi connectivity index (χ1) is 5.22.